The lowest BCUT2D eigenvalue weighted by molar-refractivity contribution is 0.0599. The van der Waals surface area contributed by atoms with Crippen LogP contribution in [0.5, 0.6) is 0 Å². The second-order valence-electron chi connectivity index (χ2n) is 5.58. The van der Waals surface area contributed by atoms with Crippen molar-refractivity contribution in [3.8, 4) is 0 Å². The molecule has 1 atom stereocenters. The van der Waals surface area contributed by atoms with Gasteiger partial charge in [-0.1, -0.05) is 42.5 Å². The highest BCUT2D eigenvalue weighted by Gasteiger charge is 2.15. The summed E-state index contributed by atoms with van der Waals surface area (Å²) in [7, 11) is 5.42. The molecule has 0 aromatic heterocycles. The van der Waals surface area contributed by atoms with E-state index in [0.717, 1.165) is 17.7 Å². The molecule has 122 valence electrons. The summed E-state index contributed by atoms with van der Waals surface area (Å²) in [6, 6.07) is 17.5. The van der Waals surface area contributed by atoms with E-state index in [0.29, 0.717) is 12.2 Å². The van der Waals surface area contributed by atoms with E-state index in [1.807, 2.05) is 44.4 Å². The van der Waals surface area contributed by atoms with E-state index in [-0.39, 0.29) is 12.1 Å². The average molecular weight is 313 g/mol. The average Bonchev–Trinajstić information content (AvgIpc) is 2.59. The third kappa shape index (κ3) is 4.91. The van der Waals surface area contributed by atoms with Crippen molar-refractivity contribution in [2.45, 2.75) is 6.10 Å². The van der Waals surface area contributed by atoms with Crippen LogP contribution < -0.4 is 0 Å². The fourth-order valence-corrected chi connectivity index (χ4v) is 2.28. The van der Waals surface area contributed by atoms with Crippen LogP contribution >= 0.6 is 0 Å². The SMILES string of the molecule is COC(=O)c1ccc(C(OCCN(C)C)c2ccccc2)cc1. The molecule has 2 rings (SSSR count). The van der Waals surface area contributed by atoms with Gasteiger partial charge in [-0.05, 0) is 37.4 Å². The molecule has 0 aliphatic rings. The number of carbonyl (C=O) groups is 1. The molecule has 0 fully saturated rings. The molecule has 0 amide bonds. The van der Waals surface area contributed by atoms with Gasteiger partial charge < -0.3 is 14.4 Å². The zero-order valence-corrected chi connectivity index (χ0v) is 13.9. The number of hydrogen-bond acceptors (Lipinski definition) is 4. The van der Waals surface area contributed by atoms with E-state index in [9.17, 15) is 4.79 Å². The quantitative estimate of drug-likeness (QED) is 0.736. The Labute approximate surface area is 137 Å². The third-order valence-corrected chi connectivity index (χ3v) is 3.56. The summed E-state index contributed by atoms with van der Waals surface area (Å²) in [5.41, 5.74) is 2.65. The number of methoxy groups -OCH3 is 1. The monoisotopic (exact) mass is 313 g/mol. The minimum Gasteiger partial charge on any atom is -0.465 e. The minimum absolute atomic E-state index is 0.150. The highest BCUT2D eigenvalue weighted by atomic mass is 16.5. The molecule has 0 aliphatic carbocycles. The maximum atomic E-state index is 11.6. The Morgan fingerprint density at radius 2 is 1.61 bits per heavy atom. The summed E-state index contributed by atoms with van der Waals surface area (Å²) in [6.45, 7) is 1.48. The van der Waals surface area contributed by atoms with Gasteiger partial charge in [-0.3, -0.25) is 0 Å². The van der Waals surface area contributed by atoms with Gasteiger partial charge >= 0.3 is 5.97 Å². The van der Waals surface area contributed by atoms with Crippen molar-refractivity contribution in [2.24, 2.45) is 0 Å². The molecule has 0 heterocycles. The first-order chi connectivity index (χ1) is 11.1. The van der Waals surface area contributed by atoms with Crippen molar-refractivity contribution in [1.29, 1.82) is 0 Å². The number of hydrogen-bond donors (Lipinski definition) is 0. The van der Waals surface area contributed by atoms with Crippen molar-refractivity contribution in [2.75, 3.05) is 34.4 Å². The molecule has 0 N–H and O–H groups in total. The Kier molecular flexibility index (Phi) is 6.32. The fourth-order valence-electron chi connectivity index (χ4n) is 2.28. The molecule has 1 unspecified atom stereocenters. The van der Waals surface area contributed by atoms with Gasteiger partial charge in [-0.25, -0.2) is 4.79 Å². The Hall–Kier alpha value is -2.17. The van der Waals surface area contributed by atoms with E-state index in [1.165, 1.54) is 7.11 Å². The summed E-state index contributed by atoms with van der Waals surface area (Å²) in [5.74, 6) is -0.332. The number of nitrogens with zero attached hydrogens (tertiary/aromatic N) is 1. The zero-order chi connectivity index (χ0) is 16.7. The number of rotatable bonds is 7. The smallest absolute Gasteiger partial charge is 0.337 e. The predicted molar refractivity (Wildman–Crippen MR) is 90.6 cm³/mol. The van der Waals surface area contributed by atoms with Crippen LogP contribution in [0.4, 0.5) is 0 Å². The van der Waals surface area contributed by atoms with Crippen molar-refractivity contribution < 1.29 is 14.3 Å². The lowest BCUT2D eigenvalue weighted by Crippen LogP contribution is -2.20. The van der Waals surface area contributed by atoms with E-state index < -0.39 is 0 Å². The van der Waals surface area contributed by atoms with Crippen molar-refractivity contribution in [3.05, 3.63) is 71.3 Å². The molecule has 4 heteroatoms. The number of esters is 1. The highest BCUT2D eigenvalue weighted by Crippen LogP contribution is 2.26. The van der Waals surface area contributed by atoms with Crippen LogP contribution in [0.3, 0.4) is 0 Å². The van der Waals surface area contributed by atoms with E-state index in [2.05, 4.69) is 17.0 Å². The molecule has 0 bridgehead atoms. The first-order valence-electron chi connectivity index (χ1n) is 7.61. The summed E-state index contributed by atoms with van der Waals surface area (Å²) < 4.78 is 10.8. The molecule has 0 saturated heterocycles. The van der Waals surface area contributed by atoms with Crippen LogP contribution in [0, 0.1) is 0 Å². The molecule has 2 aromatic carbocycles. The summed E-state index contributed by atoms with van der Waals surface area (Å²) >= 11 is 0. The molecule has 0 spiro atoms. The summed E-state index contributed by atoms with van der Waals surface area (Å²) in [5, 5.41) is 0. The maximum absolute atomic E-state index is 11.6. The third-order valence-electron chi connectivity index (χ3n) is 3.56. The molecule has 4 nitrogen and oxygen atoms in total. The number of ether oxygens (including phenoxy) is 2. The van der Waals surface area contributed by atoms with Crippen LogP contribution in [0.1, 0.15) is 27.6 Å². The van der Waals surface area contributed by atoms with Crippen molar-refractivity contribution in [3.63, 3.8) is 0 Å². The predicted octanol–water partition coefficient (Wildman–Crippen LogP) is 3.14. The second-order valence-corrected chi connectivity index (χ2v) is 5.58. The molecular formula is C19H23NO3. The van der Waals surface area contributed by atoms with E-state index in [4.69, 9.17) is 9.47 Å². The van der Waals surface area contributed by atoms with Gasteiger partial charge in [0.15, 0.2) is 0 Å². The van der Waals surface area contributed by atoms with Gasteiger partial charge in [0.2, 0.25) is 0 Å². The van der Waals surface area contributed by atoms with Gasteiger partial charge in [-0.15, -0.1) is 0 Å². The van der Waals surface area contributed by atoms with Gasteiger partial charge in [-0.2, -0.15) is 0 Å². The second kappa shape index (κ2) is 8.46. The highest BCUT2D eigenvalue weighted by molar-refractivity contribution is 5.89. The zero-order valence-electron chi connectivity index (χ0n) is 13.9. The van der Waals surface area contributed by atoms with Crippen LogP contribution in [-0.4, -0.2) is 45.2 Å². The molecule has 23 heavy (non-hydrogen) atoms. The van der Waals surface area contributed by atoms with Crippen LogP contribution in [0.15, 0.2) is 54.6 Å². The fraction of sp³-hybridized carbons (Fsp3) is 0.316. The van der Waals surface area contributed by atoms with Crippen molar-refractivity contribution >= 4 is 5.97 Å². The minimum atomic E-state index is -0.332. The van der Waals surface area contributed by atoms with Gasteiger partial charge in [0.1, 0.15) is 6.10 Å². The molecule has 2 aromatic rings. The van der Waals surface area contributed by atoms with E-state index in [1.54, 1.807) is 12.1 Å². The van der Waals surface area contributed by atoms with Crippen LogP contribution in [0.2, 0.25) is 0 Å². The lowest BCUT2D eigenvalue weighted by Gasteiger charge is -2.20. The van der Waals surface area contributed by atoms with Gasteiger partial charge in [0.05, 0.1) is 19.3 Å². The molecule has 0 radical (unpaired) electrons. The standard InChI is InChI=1S/C19H23NO3/c1-20(2)13-14-23-18(15-7-5-4-6-8-15)16-9-11-17(12-10-16)19(21)22-3/h4-12,18H,13-14H2,1-3H3. The Balaban J connectivity index is 2.20. The maximum Gasteiger partial charge on any atom is 0.337 e. The van der Waals surface area contributed by atoms with Crippen LogP contribution in [0.25, 0.3) is 0 Å². The topological polar surface area (TPSA) is 38.8 Å². The first-order valence-corrected chi connectivity index (χ1v) is 7.61. The Morgan fingerprint density at radius 3 is 2.17 bits per heavy atom. The molecule has 0 aliphatic heterocycles. The molecular weight excluding hydrogens is 290 g/mol. The lowest BCUT2D eigenvalue weighted by atomic mass is 10.00. The first kappa shape index (κ1) is 17.2. The Morgan fingerprint density at radius 1 is 1.00 bits per heavy atom. The van der Waals surface area contributed by atoms with Crippen LogP contribution in [-0.2, 0) is 9.47 Å². The van der Waals surface area contributed by atoms with E-state index >= 15 is 0 Å². The van der Waals surface area contributed by atoms with Gasteiger partial charge in [0, 0.05) is 6.54 Å². The largest absolute Gasteiger partial charge is 0.465 e. The van der Waals surface area contributed by atoms with Crippen molar-refractivity contribution in [1.82, 2.24) is 4.90 Å². The summed E-state index contributed by atoms with van der Waals surface area (Å²) in [4.78, 5) is 13.6. The number of carbonyl (C=O) groups excluding carboxylic acids is 1. The molecule has 0 saturated carbocycles. The Bertz CT molecular complexity index is 608. The number of benzene rings is 2. The summed E-state index contributed by atoms with van der Waals surface area (Å²) in [6.07, 6.45) is -0.150. The number of likely N-dealkylation sites (N-methyl/N-ethyl adjacent to an activating group) is 1. The normalized spacial score (nSPS) is 12.2. The van der Waals surface area contributed by atoms with Gasteiger partial charge in [0.25, 0.3) is 0 Å².